The number of fused-ring (bicyclic) bond motifs is 3. The highest BCUT2D eigenvalue weighted by Gasteiger charge is 2.47. The highest BCUT2D eigenvalue weighted by atomic mass is 79.9. The largest absolute Gasteiger partial charge is 0.359 e. The van der Waals surface area contributed by atoms with Gasteiger partial charge in [0.15, 0.2) is 0 Å². The van der Waals surface area contributed by atoms with Gasteiger partial charge in [-0.2, -0.15) is 0 Å². The van der Waals surface area contributed by atoms with Gasteiger partial charge in [0.25, 0.3) is 0 Å². The number of hydrogen-bond donors (Lipinski definition) is 1. The highest BCUT2D eigenvalue weighted by molar-refractivity contribution is 9.10. The highest BCUT2D eigenvalue weighted by Crippen LogP contribution is 2.48. The van der Waals surface area contributed by atoms with Crippen LogP contribution in [0.4, 0.5) is 10.1 Å². The van der Waals surface area contributed by atoms with Gasteiger partial charge in [0.1, 0.15) is 5.82 Å². The zero-order chi connectivity index (χ0) is 14.4. The lowest BCUT2D eigenvalue weighted by molar-refractivity contribution is 0.350. The molecule has 0 spiro atoms. The number of benzene rings is 2. The maximum atomic E-state index is 13.8. The van der Waals surface area contributed by atoms with Crippen LogP contribution < -0.4 is 10.2 Å². The molecule has 4 heteroatoms. The average molecular weight is 347 g/mol. The third-order valence-corrected chi connectivity index (χ3v) is 5.36. The van der Waals surface area contributed by atoms with E-state index < -0.39 is 0 Å². The lowest BCUT2D eigenvalue weighted by atomic mass is 9.84. The van der Waals surface area contributed by atoms with Crippen molar-refractivity contribution in [2.45, 2.75) is 12.0 Å². The van der Waals surface area contributed by atoms with Crippen molar-refractivity contribution in [3.63, 3.8) is 0 Å². The summed E-state index contributed by atoms with van der Waals surface area (Å²) in [5.74, 6) is -0.178. The van der Waals surface area contributed by atoms with Gasteiger partial charge in [-0.3, -0.25) is 0 Å². The molecule has 2 aliphatic heterocycles. The first-order chi connectivity index (χ1) is 10.2. The standard InChI is InChI=1S/C17H16BrFN2/c18-15-8-13(19)9-16-14(15)10-17(11-20-6-7-21(16)17)12-4-2-1-3-5-12/h1-5,8-9,20H,6-7,10-11H2. The molecule has 0 saturated carbocycles. The summed E-state index contributed by atoms with van der Waals surface area (Å²) in [4.78, 5) is 2.38. The Morgan fingerprint density at radius 2 is 2.00 bits per heavy atom. The molecule has 0 bridgehead atoms. The second kappa shape index (κ2) is 4.82. The van der Waals surface area contributed by atoms with Crippen molar-refractivity contribution in [3.05, 3.63) is 63.9 Å². The van der Waals surface area contributed by atoms with Crippen LogP contribution in [0.5, 0.6) is 0 Å². The number of piperazine rings is 1. The van der Waals surface area contributed by atoms with E-state index >= 15 is 0 Å². The zero-order valence-electron chi connectivity index (χ0n) is 11.6. The molecule has 1 N–H and O–H groups in total. The number of anilines is 1. The molecule has 1 atom stereocenters. The van der Waals surface area contributed by atoms with Gasteiger partial charge in [-0.05, 0) is 23.3 Å². The fourth-order valence-electron chi connectivity index (χ4n) is 3.71. The second-order valence-corrected chi connectivity index (χ2v) is 6.64. The van der Waals surface area contributed by atoms with Gasteiger partial charge in [0.05, 0.1) is 5.54 Å². The molecule has 2 nitrogen and oxygen atoms in total. The van der Waals surface area contributed by atoms with Crippen LogP contribution in [0.1, 0.15) is 11.1 Å². The summed E-state index contributed by atoms with van der Waals surface area (Å²) in [7, 11) is 0. The second-order valence-electron chi connectivity index (χ2n) is 5.79. The van der Waals surface area contributed by atoms with E-state index in [0.29, 0.717) is 0 Å². The van der Waals surface area contributed by atoms with Crippen molar-refractivity contribution in [1.82, 2.24) is 5.32 Å². The Hall–Kier alpha value is -1.39. The van der Waals surface area contributed by atoms with Crippen LogP contribution in [-0.2, 0) is 12.0 Å². The molecule has 21 heavy (non-hydrogen) atoms. The van der Waals surface area contributed by atoms with Gasteiger partial charge in [-0.25, -0.2) is 4.39 Å². The maximum absolute atomic E-state index is 13.8. The van der Waals surface area contributed by atoms with E-state index in [-0.39, 0.29) is 11.4 Å². The fraction of sp³-hybridized carbons (Fsp3) is 0.294. The van der Waals surface area contributed by atoms with Gasteiger partial charge in [0, 0.05) is 36.2 Å². The average Bonchev–Trinajstić information content (AvgIpc) is 2.85. The Morgan fingerprint density at radius 1 is 1.19 bits per heavy atom. The Morgan fingerprint density at radius 3 is 2.81 bits per heavy atom. The van der Waals surface area contributed by atoms with Crippen molar-refractivity contribution in [2.24, 2.45) is 0 Å². The number of rotatable bonds is 1. The van der Waals surface area contributed by atoms with Crippen LogP contribution in [0.25, 0.3) is 0 Å². The Labute approximate surface area is 132 Å². The molecular formula is C17H16BrFN2. The zero-order valence-corrected chi connectivity index (χ0v) is 13.2. The van der Waals surface area contributed by atoms with Gasteiger partial charge in [-0.1, -0.05) is 46.3 Å². The van der Waals surface area contributed by atoms with E-state index in [9.17, 15) is 4.39 Å². The lowest BCUT2D eigenvalue weighted by Crippen LogP contribution is -2.57. The molecule has 2 aromatic carbocycles. The minimum Gasteiger partial charge on any atom is -0.359 e. The topological polar surface area (TPSA) is 15.3 Å². The smallest absolute Gasteiger partial charge is 0.126 e. The maximum Gasteiger partial charge on any atom is 0.126 e. The number of hydrogen-bond acceptors (Lipinski definition) is 2. The van der Waals surface area contributed by atoms with Gasteiger partial charge in [0.2, 0.25) is 0 Å². The Kier molecular flexibility index (Phi) is 3.05. The predicted molar refractivity (Wildman–Crippen MR) is 86.1 cm³/mol. The van der Waals surface area contributed by atoms with Crippen molar-refractivity contribution in [3.8, 4) is 0 Å². The monoisotopic (exact) mass is 346 g/mol. The summed E-state index contributed by atoms with van der Waals surface area (Å²) >= 11 is 3.54. The third kappa shape index (κ3) is 1.93. The molecule has 1 unspecified atom stereocenters. The van der Waals surface area contributed by atoms with E-state index in [1.165, 1.54) is 11.1 Å². The third-order valence-electron chi connectivity index (χ3n) is 4.65. The summed E-state index contributed by atoms with van der Waals surface area (Å²) in [6, 6.07) is 13.8. The molecule has 4 rings (SSSR count). The summed E-state index contributed by atoms with van der Waals surface area (Å²) in [6.45, 7) is 2.72. The van der Waals surface area contributed by atoms with Crippen molar-refractivity contribution in [1.29, 1.82) is 0 Å². The first kappa shape index (κ1) is 13.3. The number of nitrogens with one attached hydrogen (secondary N) is 1. The molecule has 2 heterocycles. The van der Waals surface area contributed by atoms with Gasteiger partial charge in [-0.15, -0.1) is 0 Å². The molecule has 0 radical (unpaired) electrons. The van der Waals surface area contributed by atoms with E-state index in [2.05, 4.69) is 50.4 Å². The summed E-state index contributed by atoms with van der Waals surface area (Å²) in [5.41, 5.74) is 3.44. The van der Waals surface area contributed by atoms with Crippen LogP contribution in [-0.4, -0.2) is 19.6 Å². The van der Waals surface area contributed by atoms with Crippen molar-refractivity contribution < 1.29 is 4.39 Å². The lowest BCUT2D eigenvalue weighted by Gasteiger charge is -2.45. The molecule has 0 aliphatic carbocycles. The van der Waals surface area contributed by atoms with Gasteiger partial charge < -0.3 is 10.2 Å². The first-order valence-electron chi connectivity index (χ1n) is 7.22. The number of nitrogens with zero attached hydrogens (tertiary/aromatic N) is 1. The quantitative estimate of drug-likeness (QED) is 0.850. The SMILES string of the molecule is Fc1cc(Br)c2c(c1)N1CCNCC1(c1ccccc1)C2. The molecule has 2 aromatic rings. The number of halogens is 2. The minimum atomic E-state index is -0.178. The Bertz CT molecular complexity index is 689. The summed E-state index contributed by atoms with van der Waals surface area (Å²) < 4.78 is 14.7. The van der Waals surface area contributed by atoms with E-state index in [4.69, 9.17) is 0 Å². The first-order valence-corrected chi connectivity index (χ1v) is 8.02. The molecule has 1 saturated heterocycles. The molecule has 2 aliphatic rings. The van der Waals surface area contributed by atoms with Crippen molar-refractivity contribution >= 4 is 21.6 Å². The molecule has 0 amide bonds. The van der Waals surface area contributed by atoms with Crippen LogP contribution in [0, 0.1) is 5.82 Å². The molecule has 108 valence electrons. The van der Waals surface area contributed by atoms with Crippen LogP contribution in [0.15, 0.2) is 46.9 Å². The van der Waals surface area contributed by atoms with E-state index in [1.54, 1.807) is 12.1 Å². The van der Waals surface area contributed by atoms with E-state index in [1.807, 2.05) is 6.07 Å². The molecular weight excluding hydrogens is 331 g/mol. The van der Waals surface area contributed by atoms with Crippen LogP contribution in [0.3, 0.4) is 0 Å². The summed E-state index contributed by atoms with van der Waals surface area (Å²) in [5, 5.41) is 3.51. The van der Waals surface area contributed by atoms with Crippen LogP contribution >= 0.6 is 15.9 Å². The van der Waals surface area contributed by atoms with Crippen molar-refractivity contribution in [2.75, 3.05) is 24.5 Å². The molecule has 0 aromatic heterocycles. The minimum absolute atomic E-state index is 0.0991. The normalized spacial score (nSPS) is 23.8. The van der Waals surface area contributed by atoms with Crippen LogP contribution in [0.2, 0.25) is 0 Å². The summed E-state index contributed by atoms with van der Waals surface area (Å²) in [6.07, 6.45) is 0.903. The van der Waals surface area contributed by atoms with E-state index in [0.717, 1.165) is 36.2 Å². The molecule has 1 fully saturated rings. The van der Waals surface area contributed by atoms with Gasteiger partial charge >= 0.3 is 0 Å². The Balaban J connectivity index is 1.90. The predicted octanol–water partition coefficient (Wildman–Crippen LogP) is 3.45. The fourth-order valence-corrected chi connectivity index (χ4v) is 4.27.